The van der Waals surface area contributed by atoms with E-state index >= 15 is 0 Å². The standard InChI is InChI=1S/C22H26N4O4S/c1-14-5-8-17(9-6-14)30-13-21(29)24-22(31)26-25-20(28)11-10-19(27)23-18-12-15(2)4-7-16(18)3/h4-9,12H,10-11,13H2,1-3H3,(H,23,27)(H,25,28)(H2,24,26,29,31). The van der Waals surface area contributed by atoms with Crippen LogP contribution in [0.5, 0.6) is 5.75 Å². The van der Waals surface area contributed by atoms with Crippen LogP contribution < -0.4 is 26.2 Å². The maximum Gasteiger partial charge on any atom is 0.264 e. The summed E-state index contributed by atoms with van der Waals surface area (Å²) in [5.41, 5.74) is 8.54. The molecule has 0 atom stereocenters. The zero-order chi connectivity index (χ0) is 22.8. The fourth-order valence-corrected chi connectivity index (χ4v) is 2.64. The molecule has 0 bridgehead atoms. The number of rotatable bonds is 7. The Hall–Kier alpha value is -3.46. The highest BCUT2D eigenvalue weighted by Gasteiger charge is 2.10. The second kappa shape index (κ2) is 11.7. The Kier molecular flexibility index (Phi) is 8.95. The number of ether oxygens (including phenoxy) is 1. The molecule has 9 heteroatoms. The third kappa shape index (κ3) is 8.83. The van der Waals surface area contributed by atoms with Crippen LogP contribution in [0.1, 0.15) is 29.5 Å². The zero-order valence-corrected chi connectivity index (χ0v) is 18.5. The highest BCUT2D eigenvalue weighted by Crippen LogP contribution is 2.16. The lowest BCUT2D eigenvalue weighted by Gasteiger charge is -2.12. The smallest absolute Gasteiger partial charge is 0.264 e. The summed E-state index contributed by atoms with van der Waals surface area (Å²) in [7, 11) is 0. The fourth-order valence-electron chi connectivity index (χ4n) is 2.48. The molecule has 2 aromatic rings. The number of benzene rings is 2. The van der Waals surface area contributed by atoms with Crippen LogP contribution in [-0.4, -0.2) is 29.4 Å². The van der Waals surface area contributed by atoms with Crippen molar-refractivity contribution < 1.29 is 19.1 Å². The van der Waals surface area contributed by atoms with Gasteiger partial charge in [0.2, 0.25) is 11.8 Å². The van der Waals surface area contributed by atoms with Crippen molar-refractivity contribution in [1.82, 2.24) is 16.2 Å². The van der Waals surface area contributed by atoms with E-state index < -0.39 is 11.8 Å². The van der Waals surface area contributed by atoms with Crippen molar-refractivity contribution in [1.29, 1.82) is 0 Å². The van der Waals surface area contributed by atoms with Gasteiger partial charge in [-0.15, -0.1) is 0 Å². The molecule has 0 fully saturated rings. The molecule has 0 radical (unpaired) electrons. The van der Waals surface area contributed by atoms with E-state index in [-0.39, 0.29) is 30.5 Å². The Morgan fingerprint density at radius 2 is 1.48 bits per heavy atom. The van der Waals surface area contributed by atoms with Crippen LogP contribution in [0.3, 0.4) is 0 Å². The highest BCUT2D eigenvalue weighted by molar-refractivity contribution is 7.80. The molecule has 3 amide bonds. The summed E-state index contributed by atoms with van der Waals surface area (Å²) in [4.78, 5) is 35.8. The van der Waals surface area contributed by atoms with Gasteiger partial charge >= 0.3 is 0 Å². The van der Waals surface area contributed by atoms with E-state index in [1.165, 1.54) is 0 Å². The molecular weight excluding hydrogens is 416 g/mol. The normalized spacial score (nSPS) is 10.0. The van der Waals surface area contributed by atoms with Gasteiger partial charge < -0.3 is 10.1 Å². The number of nitrogens with one attached hydrogen (secondary N) is 4. The molecular formula is C22H26N4O4S. The number of hydrazine groups is 1. The molecule has 0 aliphatic carbocycles. The Morgan fingerprint density at radius 1 is 0.839 bits per heavy atom. The predicted octanol–water partition coefficient (Wildman–Crippen LogP) is 2.43. The van der Waals surface area contributed by atoms with Gasteiger partial charge in [0, 0.05) is 18.5 Å². The molecule has 164 valence electrons. The van der Waals surface area contributed by atoms with E-state index in [2.05, 4.69) is 21.5 Å². The number of carbonyl (C=O) groups excluding carboxylic acids is 3. The maximum absolute atomic E-state index is 12.1. The lowest BCUT2D eigenvalue weighted by Crippen LogP contribution is -2.49. The van der Waals surface area contributed by atoms with Crippen molar-refractivity contribution in [2.24, 2.45) is 0 Å². The lowest BCUT2D eigenvalue weighted by atomic mass is 10.1. The van der Waals surface area contributed by atoms with Gasteiger partial charge in [-0.3, -0.25) is 30.6 Å². The SMILES string of the molecule is Cc1ccc(OCC(=O)NC(=S)NNC(=O)CCC(=O)Nc2cc(C)ccc2C)cc1. The van der Waals surface area contributed by atoms with Crippen LogP contribution in [0.2, 0.25) is 0 Å². The van der Waals surface area contributed by atoms with Gasteiger partial charge in [0.1, 0.15) is 5.75 Å². The van der Waals surface area contributed by atoms with Gasteiger partial charge in [-0.25, -0.2) is 0 Å². The third-order valence-corrected chi connectivity index (χ3v) is 4.41. The zero-order valence-electron chi connectivity index (χ0n) is 17.7. The van der Waals surface area contributed by atoms with Crippen LogP contribution in [0, 0.1) is 20.8 Å². The van der Waals surface area contributed by atoms with Crippen LogP contribution in [0.15, 0.2) is 42.5 Å². The van der Waals surface area contributed by atoms with Crippen molar-refractivity contribution in [2.45, 2.75) is 33.6 Å². The monoisotopic (exact) mass is 442 g/mol. The molecule has 0 aliphatic heterocycles. The van der Waals surface area contributed by atoms with E-state index in [1.807, 2.05) is 51.1 Å². The first kappa shape index (κ1) is 23.8. The highest BCUT2D eigenvalue weighted by atomic mass is 32.1. The van der Waals surface area contributed by atoms with Crippen molar-refractivity contribution in [2.75, 3.05) is 11.9 Å². The summed E-state index contributed by atoms with van der Waals surface area (Å²) in [6.07, 6.45) is -0.0405. The molecule has 31 heavy (non-hydrogen) atoms. The van der Waals surface area contributed by atoms with Crippen LogP contribution in [-0.2, 0) is 14.4 Å². The quantitative estimate of drug-likeness (QED) is 0.387. The summed E-state index contributed by atoms with van der Waals surface area (Å²) < 4.78 is 5.35. The molecule has 0 unspecified atom stereocenters. The van der Waals surface area contributed by atoms with Crippen molar-refractivity contribution in [3.63, 3.8) is 0 Å². The number of aryl methyl sites for hydroxylation is 3. The van der Waals surface area contributed by atoms with Gasteiger partial charge in [0.05, 0.1) is 0 Å². The molecule has 0 aliphatic rings. The summed E-state index contributed by atoms with van der Waals surface area (Å²) in [5, 5.41) is 5.10. The third-order valence-electron chi connectivity index (χ3n) is 4.21. The average Bonchev–Trinajstić information content (AvgIpc) is 2.73. The van der Waals surface area contributed by atoms with Gasteiger partial charge in [-0.1, -0.05) is 29.8 Å². The summed E-state index contributed by atoms with van der Waals surface area (Å²) in [5.74, 6) is -0.621. The number of hydrogen-bond acceptors (Lipinski definition) is 5. The summed E-state index contributed by atoms with van der Waals surface area (Å²) >= 11 is 4.95. The number of carbonyl (C=O) groups is 3. The minimum atomic E-state index is -0.472. The molecule has 2 aromatic carbocycles. The topological polar surface area (TPSA) is 109 Å². The van der Waals surface area contributed by atoms with Crippen LogP contribution in [0.4, 0.5) is 5.69 Å². The molecule has 0 heterocycles. The summed E-state index contributed by atoms with van der Waals surface area (Å²) in [6, 6.07) is 13.0. The first-order chi connectivity index (χ1) is 14.7. The number of amides is 3. The van der Waals surface area contributed by atoms with Gasteiger partial charge in [0.25, 0.3) is 5.91 Å². The molecule has 0 saturated heterocycles. The van der Waals surface area contributed by atoms with Gasteiger partial charge in [0.15, 0.2) is 11.7 Å². The molecule has 0 aromatic heterocycles. The van der Waals surface area contributed by atoms with E-state index in [4.69, 9.17) is 17.0 Å². The number of hydrogen-bond donors (Lipinski definition) is 4. The van der Waals surface area contributed by atoms with E-state index in [1.54, 1.807) is 12.1 Å². The number of anilines is 1. The Bertz CT molecular complexity index is 960. The second-order valence-corrected chi connectivity index (χ2v) is 7.43. The minimum absolute atomic E-state index is 0.00437. The Morgan fingerprint density at radius 3 is 2.19 bits per heavy atom. The molecule has 0 saturated carbocycles. The number of thiocarbonyl (C=S) groups is 1. The van der Waals surface area contributed by atoms with E-state index in [0.717, 1.165) is 22.4 Å². The molecule has 8 nitrogen and oxygen atoms in total. The van der Waals surface area contributed by atoms with Crippen molar-refractivity contribution in [3.05, 3.63) is 59.2 Å². The minimum Gasteiger partial charge on any atom is -0.484 e. The fraction of sp³-hybridized carbons (Fsp3) is 0.273. The van der Waals surface area contributed by atoms with E-state index in [9.17, 15) is 14.4 Å². The first-order valence-corrected chi connectivity index (χ1v) is 10.1. The maximum atomic E-state index is 12.1. The Balaban J connectivity index is 1.64. The summed E-state index contributed by atoms with van der Waals surface area (Å²) in [6.45, 7) is 5.56. The molecule has 4 N–H and O–H groups in total. The van der Waals surface area contributed by atoms with E-state index in [0.29, 0.717) is 5.75 Å². The van der Waals surface area contributed by atoms with Gasteiger partial charge in [-0.2, -0.15) is 0 Å². The first-order valence-electron chi connectivity index (χ1n) is 9.68. The second-order valence-electron chi connectivity index (χ2n) is 7.02. The van der Waals surface area contributed by atoms with Gasteiger partial charge in [-0.05, 0) is 62.3 Å². The molecule has 0 spiro atoms. The predicted molar refractivity (Wildman–Crippen MR) is 122 cm³/mol. The van der Waals surface area contributed by atoms with Crippen LogP contribution in [0.25, 0.3) is 0 Å². The van der Waals surface area contributed by atoms with Crippen LogP contribution >= 0.6 is 12.2 Å². The largest absolute Gasteiger partial charge is 0.484 e. The van der Waals surface area contributed by atoms with Crippen molar-refractivity contribution in [3.8, 4) is 5.75 Å². The average molecular weight is 443 g/mol. The Labute approximate surface area is 186 Å². The van der Waals surface area contributed by atoms with Crippen molar-refractivity contribution >= 4 is 40.7 Å². The lowest BCUT2D eigenvalue weighted by molar-refractivity contribution is -0.125. The molecule has 2 rings (SSSR count).